The number of nitrogens with zero attached hydrogens (tertiary/aromatic N) is 1. The molecular formula is C17H17Cl2N3O2S. The largest absolute Gasteiger partial charge is 0.506 e. The molecule has 2 aromatic rings. The van der Waals surface area contributed by atoms with Crippen LogP contribution in [0.5, 0.6) is 5.75 Å². The zero-order valence-corrected chi connectivity index (χ0v) is 15.9. The van der Waals surface area contributed by atoms with Crippen molar-refractivity contribution in [2.75, 3.05) is 18.4 Å². The van der Waals surface area contributed by atoms with Crippen LogP contribution in [0.1, 0.15) is 39.5 Å². The molecular weight excluding hydrogens is 381 g/mol. The van der Waals surface area contributed by atoms with Gasteiger partial charge in [-0.15, -0.1) is 11.3 Å². The minimum Gasteiger partial charge on any atom is -0.506 e. The standard InChI is InChI=1S/C17H17Cl2N3O2S/c1-2-22-4-3-9-12(7-22)25-17-13(9)16(24)20-15(21-17)10-5-8(18)6-11(19)14(10)23/h5-6,15,21,23H,2-4,7H2,1H3,(H,20,24)/t15-/m1/s1. The summed E-state index contributed by atoms with van der Waals surface area (Å²) in [5.74, 6) is -0.206. The number of anilines is 1. The molecule has 1 atom stereocenters. The highest BCUT2D eigenvalue weighted by molar-refractivity contribution is 7.16. The van der Waals surface area contributed by atoms with Crippen molar-refractivity contribution in [3.05, 3.63) is 43.7 Å². The van der Waals surface area contributed by atoms with E-state index in [1.807, 2.05) is 0 Å². The zero-order chi connectivity index (χ0) is 17.7. The average molecular weight is 398 g/mol. The summed E-state index contributed by atoms with van der Waals surface area (Å²) in [4.78, 5) is 16.3. The molecule has 4 rings (SSSR count). The summed E-state index contributed by atoms with van der Waals surface area (Å²) in [7, 11) is 0. The van der Waals surface area contributed by atoms with E-state index in [9.17, 15) is 9.90 Å². The Balaban J connectivity index is 1.71. The Labute approximate surface area is 159 Å². The van der Waals surface area contributed by atoms with Crippen LogP contribution in [-0.2, 0) is 13.0 Å². The second kappa shape index (κ2) is 6.36. The maximum absolute atomic E-state index is 12.7. The van der Waals surface area contributed by atoms with Gasteiger partial charge in [0, 0.05) is 28.6 Å². The number of hydrogen-bond donors (Lipinski definition) is 3. The summed E-state index contributed by atoms with van der Waals surface area (Å²) in [6.45, 7) is 4.98. The summed E-state index contributed by atoms with van der Waals surface area (Å²) in [5.41, 5.74) is 2.33. The van der Waals surface area contributed by atoms with E-state index in [2.05, 4.69) is 22.5 Å². The van der Waals surface area contributed by atoms with Crippen molar-refractivity contribution in [3.63, 3.8) is 0 Å². The third-order valence-electron chi connectivity index (χ3n) is 4.73. The molecule has 1 aromatic heterocycles. The summed E-state index contributed by atoms with van der Waals surface area (Å²) < 4.78 is 0. The van der Waals surface area contributed by atoms with Crippen molar-refractivity contribution in [2.24, 2.45) is 0 Å². The Morgan fingerprint density at radius 2 is 2.16 bits per heavy atom. The van der Waals surface area contributed by atoms with E-state index >= 15 is 0 Å². The van der Waals surface area contributed by atoms with Crippen molar-refractivity contribution in [1.29, 1.82) is 0 Å². The number of carbonyl (C=O) groups is 1. The molecule has 3 N–H and O–H groups in total. The van der Waals surface area contributed by atoms with Gasteiger partial charge in [0.25, 0.3) is 5.91 Å². The first-order valence-corrected chi connectivity index (χ1v) is 9.67. The van der Waals surface area contributed by atoms with Gasteiger partial charge in [-0.05, 0) is 30.7 Å². The second-order valence-electron chi connectivity index (χ2n) is 6.20. The summed E-state index contributed by atoms with van der Waals surface area (Å²) in [5, 5.41) is 17.9. The molecule has 5 nitrogen and oxygen atoms in total. The lowest BCUT2D eigenvalue weighted by atomic mass is 10.00. The SMILES string of the molecule is CCN1CCc2c(sc3c2C(=O)N[C@@H](c2cc(Cl)cc(Cl)c2O)N3)C1. The van der Waals surface area contributed by atoms with E-state index in [0.717, 1.165) is 42.2 Å². The number of likely N-dealkylation sites (N-methyl/N-ethyl adjacent to an activating group) is 1. The van der Waals surface area contributed by atoms with Crippen LogP contribution >= 0.6 is 34.5 Å². The lowest BCUT2D eigenvalue weighted by Gasteiger charge is -2.28. The van der Waals surface area contributed by atoms with E-state index in [-0.39, 0.29) is 16.7 Å². The molecule has 0 saturated carbocycles. The van der Waals surface area contributed by atoms with E-state index < -0.39 is 6.17 Å². The molecule has 0 saturated heterocycles. The maximum atomic E-state index is 12.7. The first-order chi connectivity index (χ1) is 12.0. The van der Waals surface area contributed by atoms with Gasteiger partial charge in [-0.3, -0.25) is 9.69 Å². The monoisotopic (exact) mass is 397 g/mol. The molecule has 0 aliphatic carbocycles. The first kappa shape index (κ1) is 17.0. The third-order valence-corrected chi connectivity index (χ3v) is 6.38. The van der Waals surface area contributed by atoms with E-state index in [1.165, 1.54) is 10.9 Å². The molecule has 1 amide bonds. The summed E-state index contributed by atoms with van der Waals surface area (Å²) in [6, 6.07) is 3.08. The van der Waals surface area contributed by atoms with Crippen LogP contribution in [0, 0.1) is 0 Å². The van der Waals surface area contributed by atoms with Gasteiger partial charge in [0.2, 0.25) is 0 Å². The number of thiophene rings is 1. The van der Waals surface area contributed by atoms with Gasteiger partial charge in [0.05, 0.1) is 10.6 Å². The Morgan fingerprint density at radius 1 is 1.36 bits per heavy atom. The van der Waals surface area contributed by atoms with Crippen LogP contribution in [0.3, 0.4) is 0 Å². The maximum Gasteiger partial charge on any atom is 0.256 e. The van der Waals surface area contributed by atoms with Gasteiger partial charge in [-0.2, -0.15) is 0 Å². The van der Waals surface area contributed by atoms with Crippen LogP contribution in [0.15, 0.2) is 12.1 Å². The number of hydrogen-bond acceptors (Lipinski definition) is 5. The normalized spacial score (nSPS) is 19.8. The summed E-state index contributed by atoms with van der Waals surface area (Å²) in [6.07, 6.45) is 0.307. The van der Waals surface area contributed by atoms with Crippen LogP contribution in [-0.4, -0.2) is 29.0 Å². The fraction of sp³-hybridized carbons (Fsp3) is 0.353. The van der Waals surface area contributed by atoms with Gasteiger partial charge < -0.3 is 15.7 Å². The molecule has 1 aromatic carbocycles. The van der Waals surface area contributed by atoms with Crippen LogP contribution in [0.25, 0.3) is 0 Å². The first-order valence-electron chi connectivity index (χ1n) is 8.10. The number of fused-ring (bicyclic) bond motifs is 3. The van der Waals surface area contributed by atoms with Crippen molar-refractivity contribution < 1.29 is 9.90 Å². The van der Waals surface area contributed by atoms with E-state index in [4.69, 9.17) is 23.2 Å². The number of aromatic hydroxyl groups is 1. The molecule has 25 heavy (non-hydrogen) atoms. The minimum absolute atomic E-state index is 0.0780. The molecule has 8 heteroatoms. The highest BCUT2D eigenvalue weighted by atomic mass is 35.5. The highest BCUT2D eigenvalue weighted by Crippen LogP contribution is 2.43. The zero-order valence-electron chi connectivity index (χ0n) is 13.5. The number of phenols is 1. The van der Waals surface area contributed by atoms with Gasteiger partial charge >= 0.3 is 0 Å². The topological polar surface area (TPSA) is 64.6 Å². The fourth-order valence-corrected chi connectivity index (χ4v) is 5.22. The van der Waals surface area contributed by atoms with Crippen molar-refractivity contribution in [3.8, 4) is 5.75 Å². The average Bonchev–Trinajstić information content (AvgIpc) is 2.95. The van der Waals surface area contributed by atoms with Crippen molar-refractivity contribution >= 4 is 45.4 Å². The van der Waals surface area contributed by atoms with Gasteiger partial charge in [0.15, 0.2) is 0 Å². The molecule has 0 fully saturated rings. The molecule has 2 aliphatic heterocycles. The number of rotatable bonds is 2. The second-order valence-corrected chi connectivity index (χ2v) is 8.15. The third kappa shape index (κ3) is 2.87. The predicted molar refractivity (Wildman–Crippen MR) is 101 cm³/mol. The quantitative estimate of drug-likeness (QED) is 0.716. The van der Waals surface area contributed by atoms with Gasteiger partial charge in [-0.25, -0.2) is 0 Å². The van der Waals surface area contributed by atoms with Crippen molar-refractivity contribution in [1.82, 2.24) is 10.2 Å². The number of carbonyl (C=O) groups excluding carboxylic acids is 1. The molecule has 0 unspecified atom stereocenters. The lowest BCUT2D eigenvalue weighted by Crippen LogP contribution is -2.39. The molecule has 2 aliphatic rings. The smallest absolute Gasteiger partial charge is 0.256 e. The minimum atomic E-state index is -0.571. The summed E-state index contributed by atoms with van der Waals surface area (Å²) >= 11 is 13.7. The van der Waals surface area contributed by atoms with E-state index in [1.54, 1.807) is 17.4 Å². The van der Waals surface area contributed by atoms with E-state index in [0.29, 0.717) is 10.6 Å². The van der Waals surface area contributed by atoms with Crippen LogP contribution in [0.4, 0.5) is 5.00 Å². The number of halogens is 2. The molecule has 0 radical (unpaired) electrons. The Kier molecular flexibility index (Phi) is 4.32. The number of amides is 1. The molecule has 0 bridgehead atoms. The molecule has 0 spiro atoms. The van der Waals surface area contributed by atoms with Crippen LogP contribution < -0.4 is 10.6 Å². The Bertz CT molecular complexity index is 868. The highest BCUT2D eigenvalue weighted by Gasteiger charge is 2.34. The van der Waals surface area contributed by atoms with Gasteiger partial charge in [-0.1, -0.05) is 30.1 Å². The molecule has 132 valence electrons. The Morgan fingerprint density at radius 3 is 2.92 bits per heavy atom. The number of benzene rings is 1. The molecule has 3 heterocycles. The lowest BCUT2D eigenvalue weighted by molar-refractivity contribution is 0.0934. The van der Waals surface area contributed by atoms with Crippen LogP contribution in [0.2, 0.25) is 10.0 Å². The fourth-order valence-electron chi connectivity index (χ4n) is 3.40. The van der Waals surface area contributed by atoms with Crippen molar-refractivity contribution in [2.45, 2.75) is 26.1 Å². The number of phenolic OH excluding ortho intramolecular Hbond substituents is 1. The Hall–Kier alpha value is -1.47. The number of nitrogens with one attached hydrogen (secondary N) is 2. The van der Waals surface area contributed by atoms with Gasteiger partial charge in [0.1, 0.15) is 16.9 Å². The predicted octanol–water partition coefficient (Wildman–Crippen LogP) is 3.99.